The molecule has 0 atom stereocenters. The lowest BCUT2D eigenvalue weighted by atomic mass is 10.2. The smallest absolute Gasteiger partial charge is 0.233 e. The summed E-state index contributed by atoms with van der Waals surface area (Å²) in [4.78, 5) is 4.00. The van der Waals surface area contributed by atoms with Crippen molar-refractivity contribution >= 4 is 17.3 Å². The average Bonchev–Trinajstić information content (AvgIpc) is 2.76. The highest BCUT2D eigenvalue weighted by Gasteiger charge is 2.05. The van der Waals surface area contributed by atoms with Gasteiger partial charge in [-0.2, -0.15) is 0 Å². The van der Waals surface area contributed by atoms with Crippen molar-refractivity contribution in [3.8, 4) is 0 Å². The third-order valence-electron chi connectivity index (χ3n) is 2.61. The SMILES string of the molecule is Cc1ccccc1Nc1nnc2cnccn12. The van der Waals surface area contributed by atoms with Crippen LogP contribution < -0.4 is 5.32 Å². The Balaban J connectivity index is 2.03. The lowest BCUT2D eigenvalue weighted by Gasteiger charge is -2.06. The Morgan fingerprint density at radius 2 is 2.06 bits per heavy atom. The molecule has 5 heteroatoms. The van der Waals surface area contributed by atoms with Gasteiger partial charge in [-0.05, 0) is 18.6 Å². The van der Waals surface area contributed by atoms with Gasteiger partial charge < -0.3 is 5.32 Å². The van der Waals surface area contributed by atoms with Crippen molar-refractivity contribution in [2.24, 2.45) is 0 Å². The van der Waals surface area contributed by atoms with Crippen LogP contribution >= 0.6 is 0 Å². The molecule has 3 rings (SSSR count). The van der Waals surface area contributed by atoms with Crippen LogP contribution in [0.5, 0.6) is 0 Å². The van der Waals surface area contributed by atoms with Crippen LogP contribution in [0.25, 0.3) is 5.65 Å². The zero-order valence-corrected chi connectivity index (χ0v) is 9.33. The quantitative estimate of drug-likeness (QED) is 0.726. The van der Waals surface area contributed by atoms with Gasteiger partial charge in [-0.3, -0.25) is 9.38 Å². The highest BCUT2D eigenvalue weighted by molar-refractivity contribution is 5.59. The third kappa shape index (κ3) is 1.71. The van der Waals surface area contributed by atoms with E-state index in [2.05, 4.69) is 20.5 Å². The van der Waals surface area contributed by atoms with E-state index in [-0.39, 0.29) is 0 Å². The molecule has 0 fully saturated rings. The Morgan fingerprint density at radius 1 is 1.18 bits per heavy atom. The van der Waals surface area contributed by atoms with Crippen LogP contribution in [-0.2, 0) is 0 Å². The summed E-state index contributed by atoms with van der Waals surface area (Å²) in [6, 6.07) is 8.05. The molecule has 0 radical (unpaired) electrons. The van der Waals surface area contributed by atoms with Gasteiger partial charge in [0.15, 0.2) is 5.65 Å². The second kappa shape index (κ2) is 3.86. The number of aryl methyl sites for hydroxylation is 1. The first-order valence-corrected chi connectivity index (χ1v) is 5.32. The van der Waals surface area contributed by atoms with Crippen LogP contribution in [-0.4, -0.2) is 19.6 Å². The van der Waals surface area contributed by atoms with E-state index in [1.807, 2.05) is 41.8 Å². The van der Waals surface area contributed by atoms with Gasteiger partial charge in [-0.25, -0.2) is 0 Å². The minimum absolute atomic E-state index is 0.691. The number of nitrogens with one attached hydrogen (secondary N) is 1. The Morgan fingerprint density at radius 3 is 2.94 bits per heavy atom. The van der Waals surface area contributed by atoms with Crippen molar-refractivity contribution in [1.29, 1.82) is 0 Å². The van der Waals surface area contributed by atoms with Crippen LogP contribution in [0, 0.1) is 6.92 Å². The molecule has 17 heavy (non-hydrogen) atoms. The number of rotatable bonds is 2. The summed E-state index contributed by atoms with van der Waals surface area (Å²) in [6.07, 6.45) is 5.21. The lowest BCUT2D eigenvalue weighted by Crippen LogP contribution is -1.98. The van der Waals surface area contributed by atoms with Crippen LogP contribution in [0.3, 0.4) is 0 Å². The minimum Gasteiger partial charge on any atom is -0.324 e. The first-order chi connectivity index (χ1) is 8.34. The van der Waals surface area contributed by atoms with E-state index in [9.17, 15) is 0 Å². The van der Waals surface area contributed by atoms with Crippen molar-refractivity contribution in [2.45, 2.75) is 6.92 Å². The molecule has 5 nitrogen and oxygen atoms in total. The molecule has 2 heterocycles. The molecule has 0 unspecified atom stereocenters. The van der Waals surface area contributed by atoms with E-state index in [0.717, 1.165) is 11.3 Å². The predicted octanol–water partition coefficient (Wildman–Crippen LogP) is 2.18. The fourth-order valence-electron chi connectivity index (χ4n) is 1.67. The van der Waals surface area contributed by atoms with E-state index in [1.165, 1.54) is 5.56 Å². The van der Waals surface area contributed by atoms with E-state index < -0.39 is 0 Å². The Labute approximate surface area is 98.1 Å². The molecule has 3 aromatic rings. The number of hydrogen-bond donors (Lipinski definition) is 1. The maximum absolute atomic E-state index is 4.09. The van der Waals surface area contributed by atoms with Crippen LogP contribution in [0.15, 0.2) is 42.9 Å². The number of benzene rings is 1. The molecule has 84 valence electrons. The van der Waals surface area contributed by atoms with Crippen molar-refractivity contribution in [3.05, 3.63) is 48.4 Å². The summed E-state index contributed by atoms with van der Waals surface area (Å²) in [6.45, 7) is 2.05. The normalized spacial score (nSPS) is 10.6. The molecule has 0 aliphatic heterocycles. The lowest BCUT2D eigenvalue weighted by molar-refractivity contribution is 1.10. The van der Waals surface area contributed by atoms with E-state index >= 15 is 0 Å². The van der Waals surface area contributed by atoms with Crippen LogP contribution in [0.1, 0.15) is 5.56 Å². The maximum atomic E-state index is 4.09. The minimum atomic E-state index is 0.691. The number of aromatic nitrogens is 4. The molecule has 1 aromatic carbocycles. The van der Waals surface area contributed by atoms with Crippen LogP contribution in [0.4, 0.5) is 11.6 Å². The summed E-state index contributed by atoms with van der Waals surface area (Å²) in [5, 5.41) is 11.4. The highest BCUT2D eigenvalue weighted by Crippen LogP contribution is 2.18. The van der Waals surface area contributed by atoms with Crippen molar-refractivity contribution in [1.82, 2.24) is 19.6 Å². The Bertz CT molecular complexity index is 659. The van der Waals surface area contributed by atoms with Gasteiger partial charge in [0.25, 0.3) is 0 Å². The first kappa shape index (κ1) is 9.77. The molecule has 0 saturated carbocycles. The largest absolute Gasteiger partial charge is 0.324 e. The second-order valence-electron chi connectivity index (χ2n) is 3.77. The molecule has 0 spiro atoms. The van der Waals surface area contributed by atoms with Crippen molar-refractivity contribution in [2.75, 3.05) is 5.32 Å². The predicted molar refractivity (Wildman–Crippen MR) is 65.2 cm³/mol. The summed E-state index contributed by atoms with van der Waals surface area (Å²) < 4.78 is 1.86. The monoisotopic (exact) mass is 225 g/mol. The number of para-hydroxylation sites is 1. The maximum Gasteiger partial charge on any atom is 0.233 e. The molecule has 0 aliphatic rings. The molecule has 0 bridgehead atoms. The molecule has 0 aliphatic carbocycles. The summed E-state index contributed by atoms with van der Waals surface area (Å²) >= 11 is 0. The fourth-order valence-corrected chi connectivity index (χ4v) is 1.67. The van der Waals surface area contributed by atoms with Gasteiger partial charge in [-0.1, -0.05) is 18.2 Å². The van der Waals surface area contributed by atoms with Gasteiger partial charge in [-0.15, -0.1) is 10.2 Å². The van der Waals surface area contributed by atoms with Gasteiger partial charge in [0, 0.05) is 18.1 Å². The number of fused-ring (bicyclic) bond motifs is 1. The molecular formula is C12H11N5. The number of anilines is 2. The molecule has 0 amide bonds. The van der Waals surface area contributed by atoms with Gasteiger partial charge in [0.05, 0.1) is 6.20 Å². The molecule has 1 N–H and O–H groups in total. The zero-order valence-electron chi connectivity index (χ0n) is 9.33. The standard InChI is InChI=1S/C12H11N5/c1-9-4-2-3-5-10(9)14-12-16-15-11-8-13-6-7-17(11)12/h2-8H,1H3,(H,14,16). The number of nitrogens with zero attached hydrogens (tertiary/aromatic N) is 4. The van der Waals surface area contributed by atoms with E-state index in [4.69, 9.17) is 0 Å². The molecule has 2 aromatic heterocycles. The average molecular weight is 225 g/mol. The number of hydrogen-bond acceptors (Lipinski definition) is 4. The Hall–Kier alpha value is -2.43. The molecular weight excluding hydrogens is 214 g/mol. The first-order valence-electron chi connectivity index (χ1n) is 5.32. The van der Waals surface area contributed by atoms with Gasteiger partial charge in [0.2, 0.25) is 5.95 Å². The van der Waals surface area contributed by atoms with E-state index in [0.29, 0.717) is 5.95 Å². The van der Waals surface area contributed by atoms with Gasteiger partial charge in [0.1, 0.15) is 0 Å². The third-order valence-corrected chi connectivity index (χ3v) is 2.61. The van der Waals surface area contributed by atoms with Crippen LogP contribution in [0.2, 0.25) is 0 Å². The van der Waals surface area contributed by atoms with Crippen molar-refractivity contribution in [3.63, 3.8) is 0 Å². The Kier molecular flexibility index (Phi) is 2.22. The second-order valence-corrected chi connectivity index (χ2v) is 3.77. The zero-order chi connectivity index (χ0) is 11.7. The van der Waals surface area contributed by atoms with Crippen molar-refractivity contribution < 1.29 is 0 Å². The van der Waals surface area contributed by atoms with E-state index in [1.54, 1.807) is 12.4 Å². The van der Waals surface area contributed by atoms with Gasteiger partial charge >= 0.3 is 0 Å². The molecule has 0 saturated heterocycles. The summed E-state index contributed by atoms with van der Waals surface area (Å²) in [5.41, 5.74) is 2.92. The summed E-state index contributed by atoms with van der Waals surface area (Å²) in [5.74, 6) is 0.691. The topological polar surface area (TPSA) is 55.1 Å². The highest BCUT2D eigenvalue weighted by atomic mass is 15.3. The summed E-state index contributed by atoms with van der Waals surface area (Å²) in [7, 11) is 0. The fraction of sp³-hybridized carbons (Fsp3) is 0.0833.